The molecule has 1 fully saturated rings. The Morgan fingerprint density at radius 2 is 1.90 bits per heavy atom. The van der Waals surface area contributed by atoms with E-state index in [1.165, 1.54) is 18.6 Å². The second kappa shape index (κ2) is 6.80. The van der Waals surface area contributed by atoms with E-state index in [1.807, 2.05) is 0 Å². The van der Waals surface area contributed by atoms with E-state index in [4.69, 9.17) is 16.7 Å². The average Bonchev–Trinajstić information content (AvgIpc) is 2.46. The number of benzene rings is 1. The molecule has 1 saturated carbocycles. The summed E-state index contributed by atoms with van der Waals surface area (Å²) in [5.41, 5.74) is 0.450. The van der Waals surface area contributed by atoms with E-state index in [9.17, 15) is 9.59 Å². The van der Waals surface area contributed by atoms with E-state index in [-0.39, 0.29) is 22.7 Å². The number of carbonyl (C=O) groups is 2. The highest BCUT2D eigenvalue weighted by molar-refractivity contribution is 6.31. The summed E-state index contributed by atoms with van der Waals surface area (Å²) in [5.74, 6) is -1.08. The Labute approximate surface area is 128 Å². The number of hydrogen-bond donors (Lipinski definition) is 2. The Kier molecular flexibility index (Phi) is 5.07. The summed E-state index contributed by atoms with van der Waals surface area (Å²) in [6.07, 6.45) is 5.53. The Bertz CT molecular complexity index is 542. The van der Waals surface area contributed by atoms with Gasteiger partial charge in [-0.05, 0) is 31.0 Å². The van der Waals surface area contributed by atoms with Crippen LogP contribution in [0.15, 0.2) is 18.2 Å². The molecule has 0 radical (unpaired) electrons. The number of carboxylic acids is 1. The number of hydrogen-bond acceptors (Lipinski definition) is 2. The third kappa shape index (κ3) is 4.11. The summed E-state index contributed by atoms with van der Waals surface area (Å²) in [5, 5.41) is 12.0. The van der Waals surface area contributed by atoms with Gasteiger partial charge in [0.05, 0.1) is 5.56 Å². The fraction of sp³-hybridized carbons (Fsp3) is 0.467. The number of urea groups is 1. The highest BCUT2D eigenvalue weighted by atomic mass is 35.5. The van der Waals surface area contributed by atoms with Crippen LogP contribution in [0.2, 0.25) is 5.02 Å². The van der Waals surface area contributed by atoms with Gasteiger partial charge in [-0.1, -0.05) is 30.9 Å². The van der Waals surface area contributed by atoms with Crippen LogP contribution >= 0.6 is 11.6 Å². The van der Waals surface area contributed by atoms with Gasteiger partial charge >= 0.3 is 12.0 Å². The van der Waals surface area contributed by atoms with Crippen molar-refractivity contribution in [2.75, 3.05) is 12.4 Å². The van der Waals surface area contributed by atoms with Crippen LogP contribution < -0.4 is 5.32 Å². The number of aromatic carboxylic acids is 1. The minimum atomic E-state index is -1.08. The van der Waals surface area contributed by atoms with Crippen molar-refractivity contribution in [1.82, 2.24) is 4.90 Å². The van der Waals surface area contributed by atoms with Gasteiger partial charge in [-0.15, -0.1) is 0 Å². The van der Waals surface area contributed by atoms with Gasteiger partial charge in [0.2, 0.25) is 0 Å². The lowest BCUT2D eigenvalue weighted by Gasteiger charge is -2.31. The Morgan fingerprint density at radius 3 is 2.52 bits per heavy atom. The van der Waals surface area contributed by atoms with Crippen molar-refractivity contribution in [3.8, 4) is 0 Å². The summed E-state index contributed by atoms with van der Waals surface area (Å²) in [6.45, 7) is 0. The van der Waals surface area contributed by atoms with Crippen LogP contribution in [0.4, 0.5) is 10.5 Å². The molecule has 2 amide bonds. The third-order valence-electron chi connectivity index (χ3n) is 3.84. The number of carboxylic acid groups (broad SMARTS) is 1. The van der Waals surface area contributed by atoms with Gasteiger partial charge < -0.3 is 15.3 Å². The van der Waals surface area contributed by atoms with E-state index < -0.39 is 5.97 Å². The molecule has 21 heavy (non-hydrogen) atoms. The van der Waals surface area contributed by atoms with E-state index in [1.54, 1.807) is 18.0 Å². The highest BCUT2D eigenvalue weighted by Gasteiger charge is 2.22. The lowest BCUT2D eigenvalue weighted by Crippen LogP contribution is -2.40. The lowest BCUT2D eigenvalue weighted by atomic mass is 9.95. The zero-order valence-electron chi connectivity index (χ0n) is 11.9. The minimum Gasteiger partial charge on any atom is -0.478 e. The number of anilines is 1. The molecule has 0 bridgehead atoms. The Hall–Kier alpha value is -1.75. The molecule has 0 saturated heterocycles. The van der Waals surface area contributed by atoms with Crippen LogP contribution in [-0.2, 0) is 0 Å². The molecule has 0 aliphatic heterocycles. The Balaban J connectivity index is 2.06. The number of carbonyl (C=O) groups excluding carboxylic acids is 1. The van der Waals surface area contributed by atoms with Gasteiger partial charge in [-0.25, -0.2) is 9.59 Å². The van der Waals surface area contributed by atoms with Crippen molar-refractivity contribution in [2.24, 2.45) is 0 Å². The van der Waals surface area contributed by atoms with Crippen molar-refractivity contribution >= 4 is 29.3 Å². The number of amides is 2. The van der Waals surface area contributed by atoms with Gasteiger partial charge in [0.25, 0.3) is 0 Å². The van der Waals surface area contributed by atoms with Gasteiger partial charge in [0.15, 0.2) is 0 Å². The SMILES string of the molecule is CN(C(=O)Nc1cc(Cl)cc(C(=O)O)c1)C1CCCCC1. The normalized spacial score (nSPS) is 15.5. The van der Waals surface area contributed by atoms with Gasteiger partial charge in [-0.2, -0.15) is 0 Å². The zero-order chi connectivity index (χ0) is 15.4. The summed E-state index contributed by atoms with van der Waals surface area (Å²) < 4.78 is 0. The van der Waals surface area contributed by atoms with Crippen molar-refractivity contribution in [1.29, 1.82) is 0 Å². The molecule has 6 heteroatoms. The molecule has 0 atom stereocenters. The molecule has 1 aromatic carbocycles. The molecule has 2 rings (SSSR count). The fourth-order valence-corrected chi connectivity index (χ4v) is 2.87. The smallest absolute Gasteiger partial charge is 0.335 e. The van der Waals surface area contributed by atoms with Gasteiger partial charge in [0, 0.05) is 23.8 Å². The number of halogens is 1. The molecular weight excluding hydrogens is 292 g/mol. The molecule has 0 heterocycles. The van der Waals surface area contributed by atoms with E-state index in [0.717, 1.165) is 25.7 Å². The molecule has 0 unspecified atom stereocenters. The largest absolute Gasteiger partial charge is 0.478 e. The third-order valence-corrected chi connectivity index (χ3v) is 4.06. The van der Waals surface area contributed by atoms with Crippen molar-refractivity contribution < 1.29 is 14.7 Å². The first kappa shape index (κ1) is 15.6. The van der Waals surface area contributed by atoms with Crippen LogP contribution in [0, 0.1) is 0 Å². The second-order valence-electron chi connectivity index (χ2n) is 5.37. The average molecular weight is 311 g/mol. The molecule has 1 aromatic rings. The topological polar surface area (TPSA) is 69.6 Å². The maximum Gasteiger partial charge on any atom is 0.335 e. The van der Waals surface area contributed by atoms with E-state index in [0.29, 0.717) is 5.69 Å². The van der Waals surface area contributed by atoms with Crippen LogP contribution in [-0.4, -0.2) is 35.1 Å². The maximum absolute atomic E-state index is 12.2. The van der Waals surface area contributed by atoms with Crippen molar-refractivity contribution in [2.45, 2.75) is 38.1 Å². The predicted molar refractivity (Wildman–Crippen MR) is 82.1 cm³/mol. The zero-order valence-corrected chi connectivity index (χ0v) is 12.7. The molecule has 0 spiro atoms. The van der Waals surface area contributed by atoms with Crippen molar-refractivity contribution in [3.05, 3.63) is 28.8 Å². The highest BCUT2D eigenvalue weighted by Crippen LogP contribution is 2.23. The van der Waals surface area contributed by atoms with E-state index in [2.05, 4.69) is 5.32 Å². The summed E-state index contributed by atoms with van der Waals surface area (Å²) in [4.78, 5) is 24.9. The van der Waals surface area contributed by atoms with Gasteiger partial charge in [0.1, 0.15) is 0 Å². The standard InChI is InChI=1S/C15H19ClN2O3/c1-18(13-5-3-2-4-6-13)15(21)17-12-8-10(14(19)20)7-11(16)9-12/h7-9,13H,2-6H2,1H3,(H,17,21)(H,19,20). The molecule has 5 nitrogen and oxygen atoms in total. The summed E-state index contributed by atoms with van der Waals surface area (Å²) >= 11 is 5.88. The van der Waals surface area contributed by atoms with Gasteiger partial charge in [-0.3, -0.25) is 0 Å². The Morgan fingerprint density at radius 1 is 1.24 bits per heavy atom. The molecule has 114 valence electrons. The first-order valence-corrected chi connectivity index (χ1v) is 7.43. The van der Waals surface area contributed by atoms with Crippen LogP contribution in [0.1, 0.15) is 42.5 Å². The van der Waals surface area contributed by atoms with Crippen LogP contribution in [0.5, 0.6) is 0 Å². The number of nitrogens with zero attached hydrogens (tertiary/aromatic N) is 1. The monoisotopic (exact) mass is 310 g/mol. The predicted octanol–water partition coefficient (Wildman–Crippen LogP) is 3.83. The molecular formula is C15H19ClN2O3. The molecule has 1 aliphatic rings. The lowest BCUT2D eigenvalue weighted by molar-refractivity contribution is 0.0697. The quantitative estimate of drug-likeness (QED) is 0.891. The van der Waals surface area contributed by atoms with Crippen LogP contribution in [0.3, 0.4) is 0 Å². The van der Waals surface area contributed by atoms with Crippen molar-refractivity contribution in [3.63, 3.8) is 0 Å². The van der Waals surface area contributed by atoms with Crippen LogP contribution in [0.25, 0.3) is 0 Å². The van der Waals surface area contributed by atoms with E-state index >= 15 is 0 Å². The number of nitrogens with one attached hydrogen (secondary N) is 1. The first-order valence-electron chi connectivity index (χ1n) is 7.05. The molecule has 2 N–H and O–H groups in total. The fourth-order valence-electron chi connectivity index (χ4n) is 2.63. The summed E-state index contributed by atoms with van der Waals surface area (Å²) in [6, 6.07) is 4.31. The maximum atomic E-state index is 12.2. The minimum absolute atomic E-state index is 0.0538. The molecule has 1 aliphatic carbocycles. The second-order valence-corrected chi connectivity index (χ2v) is 5.80. The molecule has 0 aromatic heterocycles. The first-order chi connectivity index (χ1) is 9.97. The number of rotatable bonds is 3. The summed E-state index contributed by atoms with van der Waals surface area (Å²) in [7, 11) is 1.77.